The summed E-state index contributed by atoms with van der Waals surface area (Å²) in [6.07, 6.45) is 8.45. The number of hydrogen-bond donors (Lipinski definition) is 0. The Hall–Kier alpha value is -1.00. The number of ether oxygens (including phenoxy) is 1. The molecule has 1 aromatic heterocycles. The van der Waals surface area contributed by atoms with E-state index in [4.69, 9.17) is 4.74 Å². The number of nitrogens with zero attached hydrogens (tertiary/aromatic N) is 3. The van der Waals surface area contributed by atoms with Crippen LogP contribution >= 0.6 is 0 Å². The molecule has 3 heterocycles. The predicted molar refractivity (Wildman–Crippen MR) is 69.4 cm³/mol. The second-order valence-corrected chi connectivity index (χ2v) is 5.31. The SMILES string of the molecule is c1cc([C@H]2CCCN(C3CCOCC3)C2)ncn1. The average Bonchev–Trinajstić information content (AvgIpc) is 2.49. The van der Waals surface area contributed by atoms with Crippen LogP contribution < -0.4 is 0 Å². The fourth-order valence-corrected chi connectivity index (χ4v) is 3.17. The number of piperidine rings is 1. The van der Waals surface area contributed by atoms with Crippen LogP contribution in [0, 0.1) is 0 Å². The fourth-order valence-electron chi connectivity index (χ4n) is 3.17. The van der Waals surface area contributed by atoms with Crippen LogP contribution in [0.25, 0.3) is 0 Å². The van der Waals surface area contributed by atoms with Gasteiger partial charge in [0.1, 0.15) is 6.33 Å². The molecule has 2 fully saturated rings. The summed E-state index contributed by atoms with van der Waals surface area (Å²) in [6, 6.07) is 2.79. The topological polar surface area (TPSA) is 38.2 Å². The van der Waals surface area contributed by atoms with Gasteiger partial charge in [-0.1, -0.05) is 0 Å². The van der Waals surface area contributed by atoms with Gasteiger partial charge in [0.2, 0.25) is 0 Å². The summed E-state index contributed by atoms with van der Waals surface area (Å²) in [6.45, 7) is 4.26. The molecule has 0 amide bonds. The summed E-state index contributed by atoms with van der Waals surface area (Å²) in [5, 5.41) is 0. The second kappa shape index (κ2) is 5.76. The average molecular weight is 247 g/mol. The second-order valence-electron chi connectivity index (χ2n) is 5.31. The minimum absolute atomic E-state index is 0.588. The zero-order valence-electron chi connectivity index (χ0n) is 10.8. The highest BCUT2D eigenvalue weighted by atomic mass is 16.5. The van der Waals surface area contributed by atoms with Crippen LogP contribution in [0.15, 0.2) is 18.6 Å². The van der Waals surface area contributed by atoms with Crippen molar-refractivity contribution in [3.8, 4) is 0 Å². The number of likely N-dealkylation sites (tertiary alicyclic amines) is 1. The normalized spacial score (nSPS) is 27.2. The van der Waals surface area contributed by atoms with Gasteiger partial charge in [0.15, 0.2) is 0 Å². The Morgan fingerprint density at radius 1 is 1.22 bits per heavy atom. The van der Waals surface area contributed by atoms with E-state index < -0.39 is 0 Å². The third kappa shape index (κ3) is 2.70. The molecule has 2 aliphatic rings. The summed E-state index contributed by atoms with van der Waals surface area (Å²) in [7, 11) is 0. The summed E-state index contributed by atoms with van der Waals surface area (Å²) in [5.74, 6) is 0.588. The quantitative estimate of drug-likeness (QED) is 0.799. The van der Waals surface area contributed by atoms with Gasteiger partial charge in [-0.2, -0.15) is 0 Å². The number of aromatic nitrogens is 2. The minimum Gasteiger partial charge on any atom is -0.381 e. The van der Waals surface area contributed by atoms with Gasteiger partial charge in [0.05, 0.1) is 0 Å². The monoisotopic (exact) mass is 247 g/mol. The van der Waals surface area contributed by atoms with E-state index in [1.54, 1.807) is 6.33 Å². The summed E-state index contributed by atoms with van der Waals surface area (Å²) in [5.41, 5.74) is 1.21. The molecule has 4 heteroatoms. The molecule has 0 unspecified atom stereocenters. The minimum atomic E-state index is 0.588. The van der Waals surface area contributed by atoms with Crippen LogP contribution in [0.2, 0.25) is 0 Å². The van der Waals surface area contributed by atoms with Gasteiger partial charge in [0, 0.05) is 43.6 Å². The zero-order valence-corrected chi connectivity index (χ0v) is 10.8. The molecule has 0 bridgehead atoms. The van der Waals surface area contributed by atoms with E-state index in [1.807, 2.05) is 6.20 Å². The van der Waals surface area contributed by atoms with E-state index >= 15 is 0 Å². The molecule has 0 N–H and O–H groups in total. The lowest BCUT2D eigenvalue weighted by molar-refractivity contribution is 0.0237. The Bertz CT molecular complexity index is 365. The van der Waals surface area contributed by atoms with Crippen molar-refractivity contribution < 1.29 is 4.74 Å². The van der Waals surface area contributed by atoms with Gasteiger partial charge >= 0.3 is 0 Å². The van der Waals surface area contributed by atoms with Gasteiger partial charge in [-0.05, 0) is 38.3 Å². The van der Waals surface area contributed by atoms with Gasteiger partial charge in [0.25, 0.3) is 0 Å². The van der Waals surface area contributed by atoms with E-state index in [1.165, 1.54) is 37.9 Å². The first-order valence-electron chi connectivity index (χ1n) is 7.01. The molecule has 0 aromatic carbocycles. The zero-order chi connectivity index (χ0) is 12.2. The van der Waals surface area contributed by atoms with Crippen LogP contribution in [0.3, 0.4) is 0 Å². The summed E-state index contributed by atoms with van der Waals surface area (Å²) < 4.78 is 5.45. The summed E-state index contributed by atoms with van der Waals surface area (Å²) in [4.78, 5) is 11.1. The van der Waals surface area contributed by atoms with Gasteiger partial charge in [-0.3, -0.25) is 4.90 Å². The largest absolute Gasteiger partial charge is 0.381 e. The van der Waals surface area contributed by atoms with E-state index in [9.17, 15) is 0 Å². The molecule has 0 aliphatic carbocycles. The van der Waals surface area contributed by atoms with Crippen molar-refractivity contribution in [1.82, 2.24) is 14.9 Å². The third-order valence-corrected chi connectivity index (χ3v) is 4.18. The van der Waals surface area contributed by atoms with Crippen molar-refractivity contribution >= 4 is 0 Å². The number of rotatable bonds is 2. The first-order valence-corrected chi connectivity index (χ1v) is 7.01. The molecule has 0 saturated carbocycles. The van der Waals surface area contributed by atoms with E-state index in [0.717, 1.165) is 25.8 Å². The predicted octanol–water partition coefficient (Wildman–Crippen LogP) is 1.83. The van der Waals surface area contributed by atoms with Crippen LogP contribution in [-0.4, -0.2) is 47.2 Å². The van der Waals surface area contributed by atoms with Gasteiger partial charge in [-0.25, -0.2) is 9.97 Å². The maximum absolute atomic E-state index is 5.45. The highest BCUT2D eigenvalue weighted by molar-refractivity contribution is 5.08. The Morgan fingerprint density at radius 3 is 2.89 bits per heavy atom. The lowest BCUT2D eigenvalue weighted by atomic mass is 9.92. The summed E-state index contributed by atoms with van der Waals surface area (Å²) >= 11 is 0. The Balaban J connectivity index is 1.64. The number of hydrogen-bond acceptors (Lipinski definition) is 4. The Morgan fingerprint density at radius 2 is 2.11 bits per heavy atom. The highest BCUT2D eigenvalue weighted by Gasteiger charge is 2.28. The molecule has 4 nitrogen and oxygen atoms in total. The van der Waals surface area contributed by atoms with Crippen molar-refractivity contribution in [1.29, 1.82) is 0 Å². The third-order valence-electron chi connectivity index (χ3n) is 4.18. The maximum Gasteiger partial charge on any atom is 0.115 e. The first-order chi connectivity index (χ1) is 8.93. The van der Waals surface area contributed by atoms with E-state index in [0.29, 0.717) is 5.92 Å². The molecular weight excluding hydrogens is 226 g/mol. The lowest BCUT2D eigenvalue weighted by Gasteiger charge is -2.39. The van der Waals surface area contributed by atoms with E-state index in [2.05, 4.69) is 20.9 Å². The Kier molecular flexibility index (Phi) is 3.86. The molecule has 0 spiro atoms. The van der Waals surface area contributed by atoms with Crippen LogP contribution in [0.5, 0.6) is 0 Å². The van der Waals surface area contributed by atoms with Crippen molar-refractivity contribution in [2.24, 2.45) is 0 Å². The Labute approximate surface area is 108 Å². The lowest BCUT2D eigenvalue weighted by Crippen LogP contribution is -2.44. The van der Waals surface area contributed by atoms with Crippen molar-refractivity contribution in [3.63, 3.8) is 0 Å². The van der Waals surface area contributed by atoms with Crippen molar-refractivity contribution in [2.75, 3.05) is 26.3 Å². The van der Waals surface area contributed by atoms with Crippen LogP contribution in [0.1, 0.15) is 37.3 Å². The molecule has 0 radical (unpaired) electrons. The fraction of sp³-hybridized carbons (Fsp3) is 0.714. The molecule has 1 atom stereocenters. The molecule has 1 aromatic rings. The molecule has 98 valence electrons. The maximum atomic E-state index is 5.45. The standard InChI is InChI=1S/C14H21N3O/c1-2-12(14-3-6-15-11-16-14)10-17(7-1)13-4-8-18-9-5-13/h3,6,11-13H,1-2,4-5,7-10H2/t12-/m0/s1. The molecule has 2 saturated heterocycles. The molecular formula is C14H21N3O. The van der Waals surface area contributed by atoms with E-state index in [-0.39, 0.29) is 0 Å². The highest BCUT2D eigenvalue weighted by Crippen LogP contribution is 2.28. The van der Waals surface area contributed by atoms with Crippen LogP contribution in [-0.2, 0) is 4.74 Å². The molecule has 3 rings (SSSR count). The van der Waals surface area contributed by atoms with Crippen molar-refractivity contribution in [3.05, 3.63) is 24.3 Å². The first kappa shape index (κ1) is 12.1. The van der Waals surface area contributed by atoms with Gasteiger partial charge in [-0.15, -0.1) is 0 Å². The van der Waals surface area contributed by atoms with Crippen molar-refractivity contribution in [2.45, 2.75) is 37.6 Å². The smallest absolute Gasteiger partial charge is 0.115 e. The van der Waals surface area contributed by atoms with Gasteiger partial charge < -0.3 is 4.74 Å². The molecule has 18 heavy (non-hydrogen) atoms. The molecule has 2 aliphatic heterocycles. The van der Waals surface area contributed by atoms with Crippen LogP contribution in [0.4, 0.5) is 0 Å².